The van der Waals surface area contributed by atoms with Crippen LogP contribution in [0.5, 0.6) is 11.5 Å². The van der Waals surface area contributed by atoms with E-state index in [1.54, 1.807) is 14.2 Å². The van der Waals surface area contributed by atoms with Crippen LogP contribution < -0.4 is 14.8 Å². The summed E-state index contributed by atoms with van der Waals surface area (Å²) in [7, 11) is 3.23. The normalized spacial score (nSPS) is 9.65. The molecular weight excluding hydrogens is 252 g/mol. The lowest BCUT2D eigenvalue weighted by Gasteiger charge is -2.11. The van der Waals surface area contributed by atoms with Crippen molar-refractivity contribution in [2.24, 2.45) is 0 Å². The van der Waals surface area contributed by atoms with Crippen LogP contribution in [0.3, 0.4) is 0 Å². The Hall–Kier alpha value is -2.67. The molecule has 0 heterocycles. The van der Waals surface area contributed by atoms with E-state index >= 15 is 0 Å². The van der Waals surface area contributed by atoms with Gasteiger partial charge in [0.25, 0.3) is 0 Å². The van der Waals surface area contributed by atoms with Crippen LogP contribution in [0.25, 0.3) is 0 Å². The molecule has 0 aliphatic rings. The molecule has 102 valence electrons. The number of nitrogens with one attached hydrogen (secondary N) is 1. The van der Waals surface area contributed by atoms with Crippen LogP contribution in [0.4, 0.5) is 5.69 Å². The van der Waals surface area contributed by atoms with E-state index in [2.05, 4.69) is 11.4 Å². The molecule has 0 fully saturated rings. The van der Waals surface area contributed by atoms with Gasteiger partial charge >= 0.3 is 0 Å². The van der Waals surface area contributed by atoms with Crippen LogP contribution in [-0.4, -0.2) is 14.2 Å². The lowest BCUT2D eigenvalue weighted by molar-refractivity contribution is 0.355. The van der Waals surface area contributed by atoms with E-state index in [-0.39, 0.29) is 0 Å². The molecule has 4 nitrogen and oxygen atoms in total. The lowest BCUT2D eigenvalue weighted by atomic mass is 10.1. The standard InChI is InChI=1S/C16H16N2O2/c1-19-15-8-7-14(9-16(15)20-2)18-11-13-5-3-12(10-17)4-6-13/h3-9,18H,11H2,1-2H3. The average molecular weight is 268 g/mol. The maximum Gasteiger partial charge on any atom is 0.162 e. The number of benzene rings is 2. The molecule has 0 radical (unpaired) electrons. The summed E-state index contributed by atoms with van der Waals surface area (Å²) in [4.78, 5) is 0. The zero-order chi connectivity index (χ0) is 14.4. The molecule has 0 unspecified atom stereocenters. The van der Waals surface area contributed by atoms with Gasteiger partial charge in [-0.25, -0.2) is 0 Å². The minimum absolute atomic E-state index is 0.667. The third kappa shape index (κ3) is 3.21. The predicted molar refractivity (Wildman–Crippen MR) is 78.0 cm³/mol. The second kappa shape index (κ2) is 6.48. The van der Waals surface area contributed by atoms with E-state index in [0.29, 0.717) is 23.6 Å². The lowest BCUT2D eigenvalue weighted by Crippen LogP contribution is -2.00. The largest absolute Gasteiger partial charge is 0.493 e. The topological polar surface area (TPSA) is 54.3 Å². The van der Waals surface area contributed by atoms with Gasteiger partial charge in [-0.1, -0.05) is 12.1 Å². The molecule has 4 heteroatoms. The Bertz CT molecular complexity index is 615. The quantitative estimate of drug-likeness (QED) is 0.904. The zero-order valence-corrected chi connectivity index (χ0v) is 11.5. The Kier molecular flexibility index (Phi) is 4.46. The maximum absolute atomic E-state index is 8.75. The molecule has 0 spiro atoms. The van der Waals surface area contributed by atoms with Gasteiger partial charge in [-0.05, 0) is 29.8 Å². The summed E-state index contributed by atoms with van der Waals surface area (Å²) in [6.45, 7) is 0.682. The molecule has 0 saturated heterocycles. The van der Waals surface area contributed by atoms with Gasteiger partial charge in [-0.3, -0.25) is 0 Å². The van der Waals surface area contributed by atoms with Gasteiger partial charge in [-0.15, -0.1) is 0 Å². The molecule has 0 saturated carbocycles. The first-order valence-corrected chi connectivity index (χ1v) is 6.21. The Labute approximate surface area is 118 Å². The monoisotopic (exact) mass is 268 g/mol. The highest BCUT2D eigenvalue weighted by molar-refractivity contribution is 5.55. The zero-order valence-electron chi connectivity index (χ0n) is 11.5. The number of nitriles is 1. The van der Waals surface area contributed by atoms with Gasteiger partial charge in [0.05, 0.1) is 25.9 Å². The summed E-state index contributed by atoms with van der Waals surface area (Å²) in [5, 5.41) is 12.1. The molecular formula is C16H16N2O2. The van der Waals surface area contributed by atoms with Crippen LogP contribution in [0, 0.1) is 11.3 Å². The van der Waals surface area contributed by atoms with Crippen LogP contribution in [0.1, 0.15) is 11.1 Å². The first kappa shape index (κ1) is 13.8. The molecule has 0 amide bonds. The fourth-order valence-corrected chi connectivity index (χ4v) is 1.85. The average Bonchev–Trinajstić information content (AvgIpc) is 2.53. The van der Waals surface area contributed by atoms with Gasteiger partial charge in [-0.2, -0.15) is 5.26 Å². The molecule has 0 atom stereocenters. The number of nitrogens with zero attached hydrogens (tertiary/aromatic N) is 1. The number of anilines is 1. The number of hydrogen-bond donors (Lipinski definition) is 1. The fraction of sp³-hybridized carbons (Fsp3) is 0.188. The van der Waals surface area contributed by atoms with Crippen LogP contribution >= 0.6 is 0 Å². The Morgan fingerprint density at radius 2 is 1.70 bits per heavy atom. The summed E-state index contributed by atoms with van der Waals surface area (Å²) in [5.41, 5.74) is 2.73. The van der Waals surface area contributed by atoms with Crippen LogP contribution in [0.15, 0.2) is 42.5 Å². The van der Waals surface area contributed by atoms with E-state index in [1.807, 2.05) is 42.5 Å². The first-order chi connectivity index (χ1) is 9.76. The highest BCUT2D eigenvalue weighted by Gasteiger charge is 2.04. The minimum Gasteiger partial charge on any atom is -0.493 e. The summed E-state index contributed by atoms with van der Waals surface area (Å²) in [6, 6.07) is 15.3. The Morgan fingerprint density at radius 1 is 1.00 bits per heavy atom. The Balaban J connectivity index is 2.05. The molecule has 20 heavy (non-hydrogen) atoms. The fourth-order valence-electron chi connectivity index (χ4n) is 1.85. The molecule has 0 aliphatic carbocycles. The SMILES string of the molecule is COc1ccc(NCc2ccc(C#N)cc2)cc1OC. The molecule has 2 rings (SSSR count). The highest BCUT2D eigenvalue weighted by atomic mass is 16.5. The third-order valence-corrected chi connectivity index (χ3v) is 2.96. The molecule has 0 bridgehead atoms. The smallest absolute Gasteiger partial charge is 0.162 e. The number of methoxy groups -OCH3 is 2. The maximum atomic E-state index is 8.75. The second-order valence-corrected chi connectivity index (χ2v) is 4.23. The first-order valence-electron chi connectivity index (χ1n) is 6.21. The van der Waals surface area contributed by atoms with Crippen LogP contribution in [-0.2, 0) is 6.54 Å². The van der Waals surface area contributed by atoms with Crippen molar-refractivity contribution in [3.63, 3.8) is 0 Å². The molecule has 1 N–H and O–H groups in total. The van der Waals surface area contributed by atoms with Gasteiger partial charge in [0.2, 0.25) is 0 Å². The molecule has 0 aromatic heterocycles. The van der Waals surface area contributed by atoms with Crippen molar-refractivity contribution in [1.82, 2.24) is 0 Å². The van der Waals surface area contributed by atoms with E-state index < -0.39 is 0 Å². The second-order valence-electron chi connectivity index (χ2n) is 4.23. The molecule has 0 aliphatic heterocycles. The van der Waals surface area contributed by atoms with Crippen LogP contribution in [0.2, 0.25) is 0 Å². The van der Waals surface area contributed by atoms with Crippen molar-refractivity contribution in [1.29, 1.82) is 5.26 Å². The van der Waals surface area contributed by atoms with Gasteiger partial charge in [0.1, 0.15) is 0 Å². The van der Waals surface area contributed by atoms with Crippen molar-refractivity contribution in [2.75, 3.05) is 19.5 Å². The summed E-state index contributed by atoms with van der Waals surface area (Å²) < 4.78 is 10.5. The van der Waals surface area contributed by atoms with Gasteiger partial charge < -0.3 is 14.8 Å². The number of rotatable bonds is 5. The third-order valence-electron chi connectivity index (χ3n) is 2.96. The minimum atomic E-state index is 0.667. The van der Waals surface area contributed by atoms with Crippen molar-refractivity contribution < 1.29 is 9.47 Å². The van der Waals surface area contributed by atoms with E-state index in [9.17, 15) is 0 Å². The van der Waals surface area contributed by atoms with E-state index in [4.69, 9.17) is 14.7 Å². The van der Waals surface area contributed by atoms with Gasteiger partial charge in [0.15, 0.2) is 11.5 Å². The van der Waals surface area contributed by atoms with Crippen molar-refractivity contribution in [2.45, 2.75) is 6.54 Å². The van der Waals surface area contributed by atoms with Crippen molar-refractivity contribution in [3.05, 3.63) is 53.6 Å². The molecule has 2 aromatic carbocycles. The summed E-state index contributed by atoms with van der Waals surface area (Å²) in [5.74, 6) is 1.40. The summed E-state index contributed by atoms with van der Waals surface area (Å²) >= 11 is 0. The van der Waals surface area contributed by atoms with Crippen molar-refractivity contribution >= 4 is 5.69 Å². The summed E-state index contributed by atoms with van der Waals surface area (Å²) in [6.07, 6.45) is 0. The van der Waals surface area contributed by atoms with E-state index in [0.717, 1.165) is 11.3 Å². The van der Waals surface area contributed by atoms with E-state index in [1.165, 1.54) is 0 Å². The molecule has 2 aromatic rings. The number of hydrogen-bond acceptors (Lipinski definition) is 4. The van der Waals surface area contributed by atoms with Gasteiger partial charge in [0, 0.05) is 18.3 Å². The van der Waals surface area contributed by atoms with Crippen molar-refractivity contribution in [3.8, 4) is 17.6 Å². The highest BCUT2D eigenvalue weighted by Crippen LogP contribution is 2.29. The number of ether oxygens (including phenoxy) is 2. The Morgan fingerprint density at radius 3 is 2.30 bits per heavy atom. The predicted octanol–water partition coefficient (Wildman–Crippen LogP) is 3.19.